The molecule has 0 spiro atoms. The van der Waals surface area contributed by atoms with Crippen LogP contribution >= 0.6 is 0 Å². The largest absolute Gasteiger partial charge is 0.369 e. The van der Waals surface area contributed by atoms with Gasteiger partial charge in [-0.25, -0.2) is 8.42 Å². The third-order valence-corrected chi connectivity index (χ3v) is 4.94. The van der Waals surface area contributed by atoms with Crippen LogP contribution in [0.1, 0.15) is 26.7 Å². The minimum atomic E-state index is -3.21. The molecular formula is C16H26N2O2S. The molecule has 0 radical (unpaired) electrons. The molecule has 1 heterocycles. The van der Waals surface area contributed by atoms with Crippen molar-refractivity contribution in [1.82, 2.24) is 5.32 Å². The first-order valence-corrected chi connectivity index (χ1v) is 9.54. The van der Waals surface area contributed by atoms with Crippen molar-refractivity contribution in [2.45, 2.75) is 37.6 Å². The zero-order valence-corrected chi connectivity index (χ0v) is 14.0. The summed E-state index contributed by atoms with van der Waals surface area (Å²) in [7, 11) is -3.21. The summed E-state index contributed by atoms with van der Waals surface area (Å²) in [6, 6.07) is 7.80. The molecule has 4 nitrogen and oxygen atoms in total. The fourth-order valence-corrected chi connectivity index (χ4v) is 3.83. The number of hydrogen-bond acceptors (Lipinski definition) is 4. The Hall–Kier alpha value is -1.07. The van der Waals surface area contributed by atoms with Crippen molar-refractivity contribution in [2.75, 3.05) is 30.8 Å². The Balaban J connectivity index is 2.31. The summed E-state index contributed by atoms with van der Waals surface area (Å²) in [4.78, 5) is 2.66. The van der Waals surface area contributed by atoms with Crippen molar-refractivity contribution in [3.63, 3.8) is 0 Å². The summed E-state index contributed by atoms with van der Waals surface area (Å²) in [6.07, 6.45) is 3.65. The van der Waals surface area contributed by atoms with E-state index in [2.05, 4.69) is 24.1 Å². The van der Waals surface area contributed by atoms with E-state index in [1.807, 2.05) is 12.1 Å². The maximum absolute atomic E-state index is 12.0. The molecule has 5 heteroatoms. The molecule has 1 saturated heterocycles. The van der Waals surface area contributed by atoms with Gasteiger partial charge >= 0.3 is 0 Å². The lowest BCUT2D eigenvalue weighted by atomic mass is 10.1. The lowest BCUT2D eigenvalue weighted by molar-refractivity contribution is 0.537. The Bertz CT molecular complexity index is 563. The van der Waals surface area contributed by atoms with Crippen LogP contribution in [0.25, 0.3) is 0 Å². The van der Waals surface area contributed by atoms with Crippen LogP contribution in [0.5, 0.6) is 0 Å². The minimum absolute atomic E-state index is 0.434. The molecule has 0 aliphatic carbocycles. The number of sulfone groups is 1. The van der Waals surface area contributed by atoms with Gasteiger partial charge in [0.05, 0.1) is 10.6 Å². The first-order valence-electron chi connectivity index (χ1n) is 7.65. The lowest BCUT2D eigenvalue weighted by Gasteiger charge is -2.31. The number of rotatable bonds is 6. The summed E-state index contributed by atoms with van der Waals surface area (Å²) in [5.41, 5.74) is 0.836. The predicted octanol–water partition coefficient (Wildman–Crippen LogP) is 2.30. The molecule has 0 aromatic heterocycles. The van der Waals surface area contributed by atoms with Crippen LogP contribution in [-0.2, 0) is 9.84 Å². The highest BCUT2D eigenvalue weighted by atomic mass is 32.2. The Morgan fingerprint density at radius 1 is 1.33 bits per heavy atom. The van der Waals surface area contributed by atoms with Crippen molar-refractivity contribution in [2.24, 2.45) is 5.92 Å². The van der Waals surface area contributed by atoms with Crippen LogP contribution < -0.4 is 10.2 Å². The van der Waals surface area contributed by atoms with Gasteiger partial charge in [-0.15, -0.1) is 0 Å². The van der Waals surface area contributed by atoms with Gasteiger partial charge < -0.3 is 10.2 Å². The van der Waals surface area contributed by atoms with Crippen molar-refractivity contribution < 1.29 is 8.42 Å². The van der Waals surface area contributed by atoms with Gasteiger partial charge in [0.15, 0.2) is 9.84 Å². The van der Waals surface area contributed by atoms with E-state index in [1.165, 1.54) is 12.7 Å². The second kappa shape index (κ2) is 6.79. The normalized spacial score (nSPS) is 19.1. The smallest absolute Gasteiger partial charge is 0.177 e. The monoisotopic (exact) mass is 310 g/mol. The van der Waals surface area contributed by atoms with Gasteiger partial charge in [0.25, 0.3) is 0 Å². The summed E-state index contributed by atoms with van der Waals surface area (Å²) in [6.45, 7) is 7.12. The van der Waals surface area contributed by atoms with Gasteiger partial charge in [-0.05, 0) is 37.4 Å². The SMILES string of the molecule is CC(C)CN(CC1CCCN1)c1ccccc1S(C)(=O)=O. The van der Waals surface area contributed by atoms with Crippen molar-refractivity contribution in [1.29, 1.82) is 0 Å². The molecule has 1 fully saturated rings. The molecule has 118 valence electrons. The maximum atomic E-state index is 12.0. The van der Waals surface area contributed by atoms with E-state index >= 15 is 0 Å². The molecule has 0 bridgehead atoms. The van der Waals surface area contributed by atoms with Gasteiger partial charge in [0, 0.05) is 25.4 Å². The fraction of sp³-hybridized carbons (Fsp3) is 0.625. The third-order valence-electron chi connectivity index (χ3n) is 3.79. The summed E-state index contributed by atoms with van der Waals surface area (Å²) >= 11 is 0. The maximum Gasteiger partial charge on any atom is 0.177 e. The molecule has 1 aliphatic heterocycles. The zero-order chi connectivity index (χ0) is 15.5. The number of nitrogens with zero attached hydrogens (tertiary/aromatic N) is 1. The number of hydrogen-bond donors (Lipinski definition) is 1. The topological polar surface area (TPSA) is 49.4 Å². The molecule has 1 N–H and O–H groups in total. The number of nitrogens with one attached hydrogen (secondary N) is 1. The first-order chi connectivity index (χ1) is 9.88. The Labute approximate surface area is 128 Å². The van der Waals surface area contributed by atoms with Crippen LogP contribution in [-0.4, -0.2) is 40.3 Å². The molecule has 1 aromatic carbocycles. The third kappa shape index (κ3) is 4.45. The van der Waals surface area contributed by atoms with Gasteiger partial charge in [0.1, 0.15) is 0 Å². The van der Waals surface area contributed by atoms with Crippen LogP contribution in [0.2, 0.25) is 0 Å². The van der Waals surface area contributed by atoms with E-state index in [4.69, 9.17) is 0 Å². The Kier molecular flexibility index (Phi) is 5.27. The van der Waals surface area contributed by atoms with E-state index < -0.39 is 9.84 Å². The summed E-state index contributed by atoms with van der Waals surface area (Å²) in [5.74, 6) is 0.485. The highest BCUT2D eigenvalue weighted by Gasteiger charge is 2.22. The van der Waals surface area contributed by atoms with Crippen molar-refractivity contribution in [3.8, 4) is 0 Å². The Morgan fingerprint density at radius 2 is 2.05 bits per heavy atom. The minimum Gasteiger partial charge on any atom is -0.369 e. The molecule has 1 unspecified atom stereocenters. The second-order valence-corrected chi connectivity index (χ2v) is 8.32. The number of anilines is 1. The van der Waals surface area contributed by atoms with E-state index in [9.17, 15) is 8.42 Å². The molecular weight excluding hydrogens is 284 g/mol. The van der Waals surface area contributed by atoms with Gasteiger partial charge in [-0.3, -0.25) is 0 Å². The number of benzene rings is 1. The van der Waals surface area contributed by atoms with E-state index in [-0.39, 0.29) is 0 Å². The standard InChI is InChI=1S/C16H26N2O2S/c1-13(2)11-18(12-14-7-6-10-17-14)15-8-4-5-9-16(15)21(3,19)20/h4-5,8-9,13-14,17H,6-7,10-12H2,1-3H3. The van der Waals surface area contributed by atoms with Crippen LogP contribution in [0, 0.1) is 5.92 Å². The Morgan fingerprint density at radius 3 is 2.62 bits per heavy atom. The zero-order valence-electron chi connectivity index (χ0n) is 13.2. The summed E-state index contributed by atoms with van der Waals surface area (Å²) in [5, 5.41) is 3.50. The first kappa shape index (κ1) is 16.3. The fourth-order valence-electron chi connectivity index (χ4n) is 2.92. The van der Waals surface area contributed by atoms with Crippen molar-refractivity contribution >= 4 is 15.5 Å². The highest BCUT2D eigenvalue weighted by Crippen LogP contribution is 2.26. The van der Waals surface area contributed by atoms with Gasteiger partial charge in [-0.2, -0.15) is 0 Å². The predicted molar refractivity (Wildman–Crippen MR) is 87.6 cm³/mol. The molecule has 21 heavy (non-hydrogen) atoms. The molecule has 2 rings (SSSR count). The molecule has 1 aromatic rings. The quantitative estimate of drug-likeness (QED) is 0.876. The molecule has 0 amide bonds. The van der Waals surface area contributed by atoms with E-state index in [0.717, 1.165) is 31.7 Å². The molecule has 1 atom stereocenters. The second-order valence-electron chi connectivity index (χ2n) is 6.33. The van der Waals surface area contributed by atoms with Crippen molar-refractivity contribution in [3.05, 3.63) is 24.3 Å². The van der Waals surface area contributed by atoms with Crippen LogP contribution in [0.3, 0.4) is 0 Å². The van der Waals surface area contributed by atoms with Gasteiger partial charge in [0.2, 0.25) is 0 Å². The average Bonchev–Trinajstić information content (AvgIpc) is 2.89. The average molecular weight is 310 g/mol. The molecule has 0 saturated carbocycles. The lowest BCUT2D eigenvalue weighted by Crippen LogP contribution is -2.40. The van der Waals surface area contributed by atoms with E-state index in [1.54, 1.807) is 12.1 Å². The van der Waals surface area contributed by atoms with Gasteiger partial charge in [-0.1, -0.05) is 26.0 Å². The summed E-state index contributed by atoms with van der Waals surface area (Å²) < 4.78 is 24.1. The number of para-hydroxylation sites is 1. The van der Waals surface area contributed by atoms with E-state index in [0.29, 0.717) is 16.9 Å². The van der Waals surface area contributed by atoms with Crippen LogP contribution in [0.4, 0.5) is 5.69 Å². The molecule has 1 aliphatic rings. The highest BCUT2D eigenvalue weighted by molar-refractivity contribution is 7.90. The van der Waals surface area contributed by atoms with Crippen LogP contribution in [0.15, 0.2) is 29.2 Å².